The third kappa shape index (κ3) is 3.05. The Balaban J connectivity index is 3.49. The molecule has 0 bridgehead atoms. The summed E-state index contributed by atoms with van der Waals surface area (Å²) in [6, 6.07) is 0.933. The fourth-order valence-electron chi connectivity index (χ4n) is 1.20. The van der Waals surface area contributed by atoms with Gasteiger partial charge in [-0.15, -0.1) is 0 Å². The molecule has 0 saturated heterocycles. The number of sulfone groups is 1. The minimum atomic E-state index is -4.28. The summed E-state index contributed by atoms with van der Waals surface area (Å²) in [5.74, 6) is -5.59. The van der Waals surface area contributed by atoms with E-state index in [1.807, 2.05) is 0 Å². The molecule has 8 heteroatoms. The highest BCUT2D eigenvalue weighted by Crippen LogP contribution is 2.22. The number of carboxylic acid groups (broad SMARTS) is 1. The Hall–Kier alpha value is -1.47. The summed E-state index contributed by atoms with van der Waals surface area (Å²) in [5, 5.41) is 8.35. The number of carboxylic acids is 1. The molecule has 1 rings (SSSR count). The van der Waals surface area contributed by atoms with Crippen molar-refractivity contribution in [2.24, 2.45) is 0 Å². The largest absolute Gasteiger partial charge is 0.478 e. The van der Waals surface area contributed by atoms with Crippen LogP contribution in [0.2, 0.25) is 0 Å². The van der Waals surface area contributed by atoms with Crippen LogP contribution in [-0.2, 0) is 9.84 Å². The molecule has 98 valence electrons. The van der Waals surface area contributed by atoms with Crippen molar-refractivity contribution in [2.45, 2.75) is 4.90 Å². The predicted molar refractivity (Wildman–Crippen MR) is 60.4 cm³/mol. The lowest BCUT2D eigenvalue weighted by Crippen LogP contribution is -2.12. The topological polar surface area (TPSA) is 71.4 Å². The van der Waals surface area contributed by atoms with Gasteiger partial charge in [0, 0.05) is 5.03 Å². The number of aromatic carboxylic acids is 1. The van der Waals surface area contributed by atoms with Gasteiger partial charge < -0.3 is 5.11 Å². The number of hydrogen-bond donors (Lipinski definition) is 1. The van der Waals surface area contributed by atoms with Crippen LogP contribution in [0.4, 0.5) is 8.78 Å². The van der Waals surface area contributed by atoms with Crippen molar-refractivity contribution in [3.05, 3.63) is 40.9 Å². The maximum atomic E-state index is 13.4. The van der Waals surface area contributed by atoms with E-state index in [1.54, 1.807) is 0 Å². The van der Waals surface area contributed by atoms with Gasteiger partial charge in [0.2, 0.25) is 0 Å². The quantitative estimate of drug-likeness (QED) is 0.924. The van der Waals surface area contributed by atoms with Gasteiger partial charge in [0.1, 0.15) is 4.90 Å². The summed E-state index contributed by atoms with van der Waals surface area (Å²) in [6.07, 6.45) is 0. The fraction of sp³-hybridized carbons (Fsp3) is 0.100. The second-order valence-electron chi connectivity index (χ2n) is 3.35. The molecule has 0 aromatic heterocycles. The molecule has 0 saturated carbocycles. The Morgan fingerprint density at radius 3 is 2.39 bits per heavy atom. The van der Waals surface area contributed by atoms with Crippen LogP contribution in [0, 0.1) is 11.6 Å². The van der Waals surface area contributed by atoms with E-state index >= 15 is 0 Å². The third-order valence-corrected chi connectivity index (χ3v) is 3.91. The molecule has 0 spiro atoms. The van der Waals surface area contributed by atoms with Gasteiger partial charge in [0.15, 0.2) is 21.5 Å². The molecule has 18 heavy (non-hydrogen) atoms. The normalized spacial score (nSPS) is 11.3. The molecule has 1 aromatic rings. The lowest BCUT2D eigenvalue weighted by molar-refractivity contribution is 0.0696. The molecule has 0 aliphatic rings. The van der Waals surface area contributed by atoms with Crippen LogP contribution in [0.3, 0.4) is 0 Å². The standard InChI is InChI=1S/C10H7ClF2O4S/c1-5(11)4-18(16,17)8-3-6(10(14)15)2-7(12)9(8)13/h2-3H,1,4H2,(H,14,15). The van der Waals surface area contributed by atoms with E-state index in [-0.39, 0.29) is 5.03 Å². The molecular weight excluding hydrogens is 290 g/mol. The van der Waals surface area contributed by atoms with Crippen LogP contribution in [-0.4, -0.2) is 25.2 Å². The van der Waals surface area contributed by atoms with Gasteiger partial charge in [0.25, 0.3) is 0 Å². The van der Waals surface area contributed by atoms with Crippen molar-refractivity contribution in [3.8, 4) is 0 Å². The second kappa shape index (κ2) is 5.03. The molecular formula is C10H7ClF2O4S. The summed E-state index contributed by atoms with van der Waals surface area (Å²) < 4.78 is 49.8. The first-order valence-corrected chi connectivity index (χ1v) is 6.46. The third-order valence-electron chi connectivity index (χ3n) is 1.92. The van der Waals surface area contributed by atoms with Crippen molar-refractivity contribution in [2.75, 3.05) is 5.75 Å². The lowest BCUT2D eigenvalue weighted by Gasteiger charge is -2.06. The van der Waals surface area contributed by atoms with Crippen LogP contribution in [0.25, 0.3) is 0 Å². The van der Waals surface area contributed by atoms with E-state index in [4.69, 9.17) is 16.7 Å². The Labute approximate surface area is 106 Å². The van der Waals surface area contributed by atoms with Crippen molar-refractivity contribution >= 4 is 27.4 Å². The summed E-state index contributed by atoms with van der Waals surface area (Å²) in [5.41, 5.74) is -0.673. The van der Waals surface area contributed by atoms with Crippen LogP contribution in [0.5, 0.6) is 0 Å². The number of rotatable bonds is 4. The summed E-state index contributed by atoms with van der Waals surface area (Å²) >= 11 is 5.30. The van der Waals surface area contributed by atoms with Crippen LogP contribution in [0.15, 0.2) is 28.6 Å². The molecule has 0 aliphatic heterocycles. The number of benzene rings is 1. The predicted octanol–water partition coefficient (Wildman–Crippen LogP) is 2.19. The van der Waals surface area contributed by atoms with E-state index in [1.165, 1.54) is 0 Å². The summed E-state index contributed by atoms with van der Waals surface area (Å²) in [6.45, 7) is 3.13. The van der Waals surface area contributed by atoms with Crippen LogP contribution < -0.4 is 0 Å². The molecule has 0 fully saturated rings. The fourth-order valence-corrected chi connectivity index (χ4v) is 2.87. The van der Waals surface area contributed by atoms with Crippen molar-refractivity contribution in [1.29, 1.82) is 0 Å². The average Bonchev–Trinajstić information content (AvgIpc) is 2.19. The molecule has 0 amide bonds. The van der Waals surface area contributed by atoms with Crippen LogP contribution >= 0.6 is 11.6 Å². The Morgan fingerprint density at radius 1 is 1.39 bits per heavy atom. The lowest BCUT2D eigenvalue weighted by atomic mass is 10.2. The van der Waals surface area contributed by atoms with Gasteiger partial charge >= 0.3 is 5.97 Å². The molecule has 0 unspecified atom stereocenters. The molecule has 0 radical (unpaired) electrons. The monoisotopic (exact) mass is 296 g/mol. The van der Waals surface area contributed by atoms with E-state index in [9.17, 15) is 22.0 Å². The number of hydrogen-bond acceptors (Lipinski definition) is 3. The highest BCUT2D eigenvalue weighted by Gasteiger charge is 2.25. The highest BCUT2D eigenvalue weighted by molar-refractivity contribution is 7.91. The molecule has 1 N–H and O–H groups in total. The second-order valence-corrected chi connectivity index (χ2v) is 5.84. The van der Waals surface area contributed by atoms with Crippen LogP contribution in [0.1, 0.15) is 10.4 Å². The molecule has 4 nitrogen and oxygen atoms in total. The zero-order chi connectivity index (χ0) is 14.1. The van der Waals surface area contributed by atoms with E-state index in [2.05, 4.69) is 6.58 Å². The Kier molecular flexibility index (Phi) is 4.08. The Morgan fingerprint density at radius 2 is 1.94 bits per heavy atom. The number of carbonyl (C=O) groups is 1. The first-order chi connectivity index (χ1) is 8.15. The van der Waals surface area contributed by atoms with Crippen molar-refractivity contribution in [3.63, 3.8) is 0 Å². The van der Waals surface area contributed by atoms with Gasteiger partial charge in [-0.3, -0.25) is 0 Å². The smallest absolute Gasteiger partial charge is 0.335 e. The molecule has 0 atom stereocenters. The highest BCUT2D eigenvalue weighted by atomic mass is 35.5. The number of halogens is 3. The zero-order valence-corrected chi connectivity index (χ0v) is 10.4. The van der Waals surface area contributed by atoms with Gasteiger partial charge in [-0.2, -0.15) is 0 Å². The van der Waals surface area contributed by atoms with Crippen molar-refractivity contribution < 1.29 is 27.1 Å². The first-order valence-electron chi connectivity index (χ1n) is 4.43. The minimum Gasteiger partial charge on any atom is -0.478 e. The molecule has 0 heterocycles. The Bertz CT molecular complexity index is 625. The summed E-state index contributed by atoms with van der Waals surface area (Å²) in [4.78, 5) is 9.58. The van der Waals surface area contributed by atoms with Gasteiger partial charge in [-0.05, 0) is 12.1 Å². The van der Waals surface area contributed by atoms with Gasteiger partial charge in [0.05, 0.1) is 11.3 Å². The van der Waals surface area contributed by atoms with E-state index in [0.717, 1.165) is 0 Å². The van der Waals surface area contributed by atoms with Gasteiger partial charge in [-0.1, -0.05) is 18.2 Å². The van der Waals surface area contributed by atoms with E-state index in [0.29, 0.717) is 12.1 Å². The maximum Gasteiger partial charge on any atom is 0.335 e. The minimum absolute atomic E-state index is 0.296. The first kappa shape index (κ1) is 14.6. The maximum absolute atomic E-state index is 13.4. The van der Waals surface area contributed by atoms with Gasteiger partial charge in [-0.25, -0.2) is 22.0 Å². The summed E-state index contributed by atoms with van der Waals surface area (Å²) in [7, 11) is -4.28. The SMILES string of the molecule is C=C(Cl)CS(=O)(=O)c1cc(C(=O)O)cc(F)c1F. The van der Waals surface area contributed by atoms with E-state index < -0.39 is 43.7 Å². The average molecular weight is 297 g/mol. The zero-order valence-electron chi connectivity index (χ0n) is 8.78. The molecule has 1 aromatic carbocycles. The molecule has 0 aliphatic carbocycles. The van der Waals surface area contributed by atoms with Crippen molar-refractivity contribution in [1.82, 2.24) is 0 Å².